The largest absolute Gasteiger partial charge is 0.351 e. The van der Waals surface area contributed by atoms with E-state index in [9.17, 15) is 9.59 Å². The van der Waals surface area contributed by atoms with Gasteiger partial charge in [-0.3, -0.25) is 14.6 Å². The molecule has 6 heteroatoms. The zero-order chi connectivity index (χ0) is 18.7. The number of pyridine rings is 1. The lowest BCUT2D eigenvalue weighted by Crippen LogP contribution is -2.42. The van der Waals surface area contributed by atoms with Crippen LogP contribution in [0, 0.1) is 11.3 Å². The van der Waals surface area contributed by atoms with Gasteiger partial charge in [0, 0.05) is 41.3 Å². The zero-order valence-corrected chi connectivity index (χ0v) is 16.2. The van der Waals surface area contributed by atoms with E-state index in [4.69, 9.17) is 0 Å². The first-order valence-corrected chi connectivity index (χ1v) is 10.6. The second kappa shape index (κ2) is 7.80. The van der Waals surface area contributed by atoms with Crippen LogP contribution in [-0.4, -0.2) is 34.8 Å². The van der Waals surface area contributed by atoms with Crippen molar-refractivity contribution in [2.75, 3.05) is 13.1 Å². The van der Waals surface area contributed by atoms with E-state index in [0.29, 0.717) is 25.2 Å². The molecule has 1 atom stereocenters. The number of rotatable bonds is 4. The van der Waals surface area contributed by atoms with Gasteiger partial charge in [0.1, 0.15) is 0 Å². The smallest absolute Gasteiger partial charge is 0.254 e. The van der Waals surface area contributed by atoms with Crippen LogP contribution in [0.4, 0.5) is 0 Å². The Morgan fingerprint density at radius 3 is 2.67 bits per heavy atom. The molecule has 1 saturated carbocycles. The fraction of sp³-hybridized carbons (Fsp3) is 0.476. The number of nitrogens with zero attached hydrogens (tertiary/aromatic N) is 2. The van der Waals surface area contributed by atoms with E-state index < -0.39 is 0 Å². The molecule has 3 heterocycles. The highest BCUT2D eigenvalue weighted by Crippen LogP contribution is 2.48. The number of likely N-dealkylation sites (tertiary alicyclic amines) is 1. The monoisotopic (exact) mass is 383 g/mol. The second-order valence-corrected chi connectivity index (χ2v) is 8.73. The average Bonchev–Trinajstić information content (AvgIpc) is 3.35. The van der Waals surface area contributed by atoms with Crippen molar-refractivity contribution >= 4 is 23.2 Å². The number of carbonyl (C=O) groups excluding carboxylic acids is 2. The van der Waals surface area contributed by atoms with Gasteiger partial charge < -0.3 is 10.2 Å². The number of hydrogen-bond acceptors (Lipinski definition) is 4. The fourth-order valence-corrected chi connectivity index (χ4v) is 5.28. The van der Waals surface area contributed by atoms with Crippen LogP contribution in [0.5, 0.6) is 0 Å². The number of hydrogen-bond donors (Lipinski definition) is 1. The van der Waals surface area contributed by atoms with Crippen LogP contribution in [0.15, 0.2) is 42.0 Å². The zero-order valence-electron chi connectivity index (χ0n) is 15.4. The molecule has 2 aromatic heterocycles. The van der Waals surface area contributed by atoms with Crippen LogP contribution >= 0.6 is 11.3 Å². The van der Waals surface area contributed by atoms with Crippen LogP contribution in [0.2, 0.25) is 0 Å². The third-order valence-electron chi connectivity index (χ3n) is 6.05. The molecule has 142 valence electrons. The summed E-state index contributed by atoms with van der Waals surface area (Å²) in [6, 6.07) is 7.54. The lowest BCUT2D eigenvalue weighted by molar-refractivity contribution is -0.128. The Balaban J connectivity index is 1.51. The van der Waals surface area contributed by atoms with E-state index in [1.807, 2.05) is 22.4 Å². The first-order valence-electron chi connectivity index (χ1n) is 9.67. The predicted molar refractivity (Wildman–Crippen MR) is 105 cm³/mol. The maximum absolute atomic E-state index is 13.1. The molecule has 2 aliphatic rings. The Morgan fingerprint density at radius 1 is 1.19 bits per heavy atom. The molecule has 2 amide bonds. The summed E-state index contributed by atoms with van der Waals surface area (Å²) >= 11 is 1.65. The van der Waals surface area contributed by atoms with Crippen molar-refractivity contribution < 1.29 is 9.59 Å². The maximum atomic E-state index is 13.1. The quantitative estimate of drug-likeness (QED) is 0.879. The normalized spacial score (nSPS) is 21.3. The number of amides is 2. The third kappa shape index (κ3) is 3.76. The minimum Gasteiger partial charge on any atom is -0.351 e. The lowest BCUT2D eigenvalue weighted by atomic mass is 9.67. The molecule has 1 aliphatic carbocycles. The molecule has 27 heavy (non-hydrogen) atoms. The Kier molecular flexibility index (Phi) is 5.25. The minimum absolute atomic E-state index is 0.0101. The van der Waals surface area contributed by atoms with Gasteiger partial charge in [0.15, 0.2) is 0 Å². The number of nitrogens with one attached hydrogen (secondary N) is 1. The van der Waals surface area contributed by atoms with Gasteiger partial charge in [0.2, 0.25) is 5.91 Å². The first kappa shape index (κ1) is 18.2. The molecule has 0 radical (unpaired) electrons. The van der Waals surface area contributed by atoms with Gasteiger partial charge in [0.25, 0.3) is 5.91 Å². The Morgan fingerprint density at radius 2 is 1.96 bits per heavy atom. The van der Waals surface area contributed by atoms with E-state index in [-0.39, 0.29) is 23.1 Å². The molecule has 1 spiro atoms. The van der Waals surface area contributed by atoms with Crippen LogP contribution < -0.4 is 5.32 Å². The van der Waals surface area contributed by atoms with Gasteiger partial charge in [-0.15, -0.1) is 11.3 Å². The highest BCUT2D eigenvalue weighted by molar-refractivity contribution is 7.09. The Bertz CT molecular complexity index is 785. The minimum atomic E-state index is -0.122. The number of carbonyl (C=O) groups is 2. The molecule has 1 unspecified atom stereocenters. The molecular formula is C21H25N3O2S. The summed E-state index contributed by atoms with van der Waals surface area (Å²) in [5.74, 6) is -0.0187. The van der Waals surface area contributed by atoms with Crippen molar-refractivity contribution in [3.63, 3.8) is 0 Å². The Labute approximate surface area is 163 Å². The van der Waals surface area contributed by atoms with E-state index in [1.165, 1.54) is 6.42 Å². The fourth-order valence-electron chi connectivity index (χ4n) is 4.63. The van der Waals surface area contributed by atoms with Crippen LogP contribution in [0.1, 0.15) is 47.3 Å². The summed E-state index contributed by atoms with van der Waals surface area (Å²) < 4.78 is 0. The molecule has 2 fully saturated rings. The molecule has 5 nitrogen and oxygen atoms in total. The van der Waals surface area contributed by atoms with Crippen molar-refractivity contribution in [2.24, 2.45) is 11.3 Å². The summed E-state index contributed by atoms with van der Waals surface area (Å²) in [5, 5.41) is 5.14. The molecule has 0 aromatic carbocycles. The van der Waals surface area contributed by atoms with Gasteiger partial charge in [0.05, 0.1) is 12.5 Å². The number of aromatic nitrogens is 1. The van der Waals surface area contributed by atoms with E-state index in [0.717, 1.165) is 30.6 Å². The van der Waals surface area contributed by atoms with E-state index in [1.54, 1.807) is 35.9 Å². The summed E-state index contributed by atoms with van der Waals surface area (Å²) in [6.07, 6.45) is 8.87. The maximum Gasteiger partial charge on any atom is 0.254 e. The molecular weight excluding hydrogens is 358 g/mol. The van der Waals surface area contributed by atoms with Gasteiger partial charge in [-0.05, 0) is 36.4 Å². The predicted octanol–water partition coefficient (Wildman–Crippen LogP) is 3.48. The molecule has 2 aromatic rings. The first-order chi connectivity index (χ1) is 13.2. The van der Waals surface area contributed by atoms with E-state index >= 15 is 0 Å². The summed E-state index contributed by atoms with van der Waals surface area (Å²) in [4.78, 5) is 33.1. The molecule has 4 rings (SSSR count). The van der Waals surface area contributed by atoms with Gasteiger partial charge in [-0.25, -0.2) is 0 Å². The summed E-state index contributed by atoms with van der Waals surface area (Å²) in [6.45, 7) is 1.77. The molecule has 1 saturated heterocycles. The van der Waals surface area contributed by atoms with Crippen molar-refractivity contribution in [3.8, 4) is 0 Å². The molecule has 1 N–H and O–H groups in total. The standard InChI is InChI=1S/C21H25N3O2S/c25-19(23-13-17-5-4-12-27-17)18-14-24(15-21(18)8-2-1-3-9-21)20(26)16-6-10-22-11-7-16/h4-7,10-12,18H,1-3,8-9,13-15H2,(H,23,25). The van der Waals surface area contributed by atoms with Crippen LogP contribution in [0.3, 0.4) is 0 Å². The average molecular weight is 384 g/mol. The van der Waals surface area contributed by atoms with Crippen LogP contribution in [0.25, 0.3) is 0 Å². The van der Waals surface area contributed by atoms with E-state index in [2.05, 4.69) is 10.3 Å². The Hall–Kier alpha value is -2.21. The molecule has 1 aliphatic heterocycles. The molecule has 0 bridgehead atoms. The second-order valence-electron chi connectivity index (χ2n) is 7.69. The summed E-state index contributed by atoms with van der Waals surface area (Å²) in [5.41, 5.74) is 0.580. The third-order valence-corrected chi connectivity index (χ3v) is 6.92. The van der Waals surface area contributed by atoms with Crippen molar-refractivity contribution in [1.29, 1.82) is 0 Å². The highest BCUT2D eigenvalue weighted by Gasteiger charge is 2.51. The lowest BCUT2D eigenvalue weighted by Gasteiger charge is -2.37. The highest BCUT2D eigenvalue weighted by atomic mass is 32.1. The van der Waals surface area contributed by atoms with Gasteiger partial charge in [-0.2, -0.15) is 0 Å². The van der Waals surface area contributed by atoms with Crippen LogP contribution in [-0.2, 0) is 11.3 Å². The topological polar surface area (TPSA) is 62.3 Å². The SMILES string of the molecule is O=C(NCc1cccs1)C1CN(C(=O)c2ccncc2)CC12CCCCC2. The number of thiophene rings is 1. The van der Waals surface area contributed by atoms with Crippen molar-refractivity contribution in [3.05, 3.63) is 52.5 Å². The van der Waals surface area contributed by atoms with Gasteiger partial charge in [-0.1, -0.05) is 25.3 Å². The summed E-state index contributed by atoms with van der Waals surface area (Å²) in [7, 11) is 0. The van der Waals surface area contributed by atoms with Crippen molar-refractivity contribution in [2.45, 2.75) is 38.6 Å². The van der Waals surface area contributed by atoms with Crippen molar-refractivity contribution in [1.82, 2.24) is 15.2 Å². The van der Waals surface area contributed by atoms with Gasteiger partial charge >= 0.3 is 0 Å².